The molecule has 0 fully saturated rings. The van der Waals surface area contributed by atoms with Crippen molar-refractivity contribution in [3.05, 3.63) is 71.9 Å². The number of rotatable bonds is 3. The van der Waals surface area contributed by atoms with E-state index < -0.39 is 5.91 Å². The number of aryl methyl sites for hydroxylation is 1. The normalized spacial score (nSPS) is 10.8. The lowest BCUT2D eigenvalue weighted by atomic mass is 10.0. The molecule has 0 saturated heterocycles. The predicted octanol–water partition coefficient (Wildman–Crippen LogP) is 3.06. The van der Waals surface area contributed by atoms with Crippen molar-refractivity contribution in [2.45, 2.75) is 13.8 Å². The molecule has 0 unspecified atom stereocenters. The summed E-state index contributed by atoms with van der Waals surface area (Å²) in [6, 6.07) is 13.6. The van der Waals surface area contributed by atoms with Crippen LogP contribution >= 0.6 is 0 Å². The van der Waals surface area contributed by atoms with Crippen molar-refractivity contribution in [1.29, 1.82) is 0 Å². The molecule has 7 nitrogen and oxygen atoms in total. The lowest BCUT2D eigenvalue weighted by Gasteiger charge is -2.12. The van der Waals surface area contributed by atoms with E-state index in [4.69, 9.17) is 0 Å². The predicted molar refractivity (Wildman–Crippen MR) is 97.9 cm³/mol. The molecule has 0 aliphatic carbocycles. The molecule has 4 rings (SSSR count). The van der Waals surface area contributed by atoms with E-state index in [1.807, 2.05) is 50.2 Å². The first-order chi connectivity index (χ1) is 12.6. The standard InChI is InChI=1S/C19H16N6O/c1-12-13(2)21-16(11-15(12)14-7-4-3-5-8-14)22-18(26)17-23-19-20-9-6-10-25(19)24-17/h3-11H,1-2H3,(H,21,22,26). The number of amides is 1. The number of nitrogens with one attached hydrogen (secondary N) is 1. The molecule has 0 aliphatic rings. The molecule has 1 amide bonds. The molecule has 3 heterocycles. The highest BCUT2D eigenvalue weighted by molar-refractivity contribution is 6.01. The summed E-state index contributed by atoms with van der Waals surface area (Å²) in [7, 11) is 0. The average molecular weight is 344 g/mol. The van der Waals surface area contributed by atoms with E-state index in [2.05, 4.69) is 25.4 Å². The number of benzene rings is 1. The van der Waals surface area contributed by atoms with Gasteiger partial charge in [-0.05, 0) is 42.7 Å². The minimum absolute atomic E-state index is 0.0463. The second-order valence-corrected chi connectivity index (χ2v) is 5.89. The summed E-state index contributed by atoms with van der Waals surface area (Å²) in [6.45, 7) is 3.94. The molecular weight excluding hydrogens is 328 g/mol. The Morgan fingerprint density at radius 2 is 1.88 bits per heavy atom. The Kier molecular flexibility index (Phi) is 3.89. The van der Waals surface area contributed by atoms with Crippen LogP contribution in [-0.2, 0) is 0 Å². The van der Waals surface area contributed by atoms with Gasteiger partial charge in [-0.15, -0.1) is 5.10 Å². The third-order valence-electron chi connectivity index (χ3n) is 4.16. The number of carbonyl (C=O) groups is 1. The molecule has 7 heteroatoms. The summed E-state index contributed by atoms with van der Waals surface area (Å²) >= 11 is 0. The Morgan fingerprint density at radius 3 is 2.65 bits per heavy atom. The van der Waals surface area contributed by atoms with Crippen LogP contribution in [0.25, 0.3) is 16.9 Å². The monoisotopic (exact) mass is 344 g/mol. The first-order valence-electron chi connectivity index (χ1n) is 8.14. The fourth-order valence-corrected chi connectivity index (χ4v) is 2.72. The van der Waals surface area contributed by atoms with Gasteiger partial charge < -0.3 is 5.32 Å². The maximum atomic E-state index is 12.5. The Morgan fingerprint density at radius 1 is 1.08 bits per heavy atom. The highest BCUT2D eigenvalue weighted by Crippen LogP contribution is 2.27. The van der Waals surface area contributed by atoms with E-state index in [9.17, 15) is 4.79 Å². The van der Waals surface area contributed by atoms with Crippen molar-refractivity contribution >= 4 is 17.5 Å². The lowest BCUT2D eigenvalue weighted by molar-refractivity contribution is 0.101. The number of hydrogen-bond donors (Lipinski definition) is 1. The molecule has 0 bridgehead atoms. The zero-order valence-corrected chi connectivity index (χ0v) is 14.3. The number of hydrogen-bond acceptors (Lipinski definition) is 5. The van der Waals surface area contributed by atoms with Crippen molar-refractivity contribution in [3.63, 3.8) is 0 Å². The molecule has 1 N–H and O–H groups in total. The van der Waals surface area contributed by atoms with Crippen molar-refractivity contribution in [2.75, 3.05) is 5.32 Å². The van der Waals surface area contributed by atoms with E-state index in [-0.39, 0.29) is 5.82 Å². The van der Waals surface area contributed by atoms with E-state index >= 15 is 0 Å². The molecule has 26 heavy (non-hydrogen) atoms. The van der Waals surface area contributed by atoms with Gasteiger partial charge in [-0.2, -0.15) is 4.98 Å². The summed E-state index contributed by atoms with van der Waals surface area (Å²) in [5.41, 5.74) is 4.02. The van der Waals surface area contributed by atoms with Crippen LogP contribution < -0.4 is 5.32 Å². The van der Waals surface area contributed by atoms with E-state index in [0.717, 1.165) is 22.4 Å². The number of fused-ring (bicyclic) bond motifs is 1. The molecule has 1 aromatic carbocycles. The van der Waals surface area contributed by atoms with Crippen molar-refractivity contribution in [1.82, 2.24) is 24.6 Å². The van der Waals surface area contributed by atoms with Crippen LogP contribution in [0, 0.1) is 13.8 Å². The smallest absolute Gasteiger partial charge is 0.296 e. The molecule has 0 spiro atoms. The maximum absolute atomic E-state index is 12.5. The number of pyridine rings is 1. The largest absolute Gasteiger partial charge is 0.304 e. The van der Waals surface area contributed by atoms with Gasteiger partial charge in [0.1, 0.15) is 5.82 Å². The van der Waals surface area contributed by atoms with Gasteiger partial charge in [-0.25, -0.2) is 14.5 Å². The van der Waals surface area contributed by atoms with Crippen molar-refractivity contribution < 1.29 is 4.79 Å². The molecule has 0 aliphatic heterocycles. The summed E-state index contributed by atoms with van der Waals surface area (Å²) in [6.07, 6.45) is 3.29. The molecule has 4 aromatic rings. The van der Waals surface area contributed by atoms with Gasteiger partial charge in [0.25, 0.3) is 11.7 Å². The summed E-state index contributed by atoms with van der Waals surface area (Å²) in [5.74, 6) is 0.453. The quantitative estimate of drug-likeness (QED) is 0.617. The van der Waals surface area contributed by atoms with Crippen LogP contribution in [0.15, 0.2) is 54.9 Å². The molecule has 0 radical (unpaired) electrons. The second-order valence-electron chi connectivity index (χ2n) is 5.89. The fourth-order valence-electron chi connectivity index (χ4n) is 2.72. The molecule has 3 aromatic heterocycles. The highest BCUT2D eigenvalue weighted by Gasteiger charge is 2.16. The summed E-state index contributed by atoms with van der Waals surface area (Å²) in [4.78, 5) is 25.2. The van der Waals surface area contributed by atoms with Gasteiger partial charge in [0, 0.05) is 18.1 Å². The van der Waals surface area contributed by atoms with Crippen LogP contribution in [0.5, 0.6) is 0 Å². The van der Waals surface area contributed by atoms with Gasteiger partial charge in [0.15, 0.2) is 0 Å². The minimum atomic E-state index is -0.426. The minimum Gasteiger partial charge on any atom is -0.304 e. The summed E-state index contributed by atoms with van der Waals surface area (Å²) < 4.78 is 1.46. The van der Waals surface area contributed by atoms with Crippen LogP contribution in [0.4, 0.5) is 5.82 Å². The van der Waals surface area contributed by atoms with E-state index in [1.165, 1.54) is 4.52 Å². The van der Waals surface area contributed by atoms with Gasteiger partial charge >= 0.3 is 0 Å². The topological polar surface area (TPSA) is 85.1 Å². The van der Waals surface area contributed by atoms with E-state index in [0.29, 0.717) is 11.6 Å². The molecule has 0 atom stereocenters. The average Bonchev–Trinajstić information content (AvgIpc) is 3.09. The molecular formula is C19H16N6O. The highest BCUT2D eigenvalue weighted by atomic mass is 16.2. The number of anilines is 1. The SMILES string of the molecule is Cc1nc(NC(=O)c2nc3ncccn3n2)cc(-c2ccccc2)c1C. The van der Waals surface area contributed by atoms with Crippen LogP contribution in [-0.4, -0.2) is 30.5 Å². The van der Waals surface area contributed by atoms with Gasteiger partial charge in [-0.1, -0.05) is 30.3 Å². The van der Waals surface area contributed by atoms with Crippen LogP contribution in [0.1, 0.15) is 21.9 Å². The fraction of sp³-hybridized carbons (Fsp3) is 0.105. The zero-order valence-electron chi connectivity index (χ0n) is 14.3. The second kappa shape index (κ2) is 6.36. The lowest BCUT2D eigenvalue weighted by Crippen LogP contribution is -2.15. The van der Waals surface area contributed by atoms with Crippen molar-refractivity contribution in [2.24, 2.45) is 0 Å². The van der Waals surface area contributed by atoms with Crippen molar-refractivity contribution in [3.8, 4) is 11.1 Å². The van der Waals surface area contributed by atoms with E-state index in [1.54, 1.807) is 18.5 Å². The van der Waals surface area contributed by atoms with Gasteiger partial charge in [0.2, 0.25) is 5.82 Å². The Hall–Kier alpha value is -3.61. The van der Waals surface area contributed by atoms with Gasteiger partial charge in [-0.3, -0.25) is 4.79 Å². The molecule has 0 saturated carbocycles. The Balaban J connectivity index is 1.67. The summed E-state index contributed by atoms with van der Waals surface area (Å²) in [5, 5.41) is 6.91. The van der Waals surface area contributed by atoms with Gasteiger partial charge in [0.05, 0.1) is 0 Å². The first-order valence-corrected chi connectivity index (χ1v) is 8.14. The number of aromatic nitrogens is 5. The number of nitrogens with zero attached hydrogens (tertiary/aromatic N) is 5. The molecule has 128 valence electrons. The number of carbonyl (C=O) groups excluding carboxylic acids is 1. The third kappa shape index (κ3) is 2.90. The van der Waals surface area contributed by atoms with Crippen LogP contribution in [0.3, 0.4) is 0 Å². The third-order valence-corrected chi connectivity index (χ3v) is 4.16. The maximum Gasteiger partial charge on any atom is 0.296 e. The zero-order chi connectivity index (χ0) is 18.1. The van der Waals surface area contributed by atoms with Crippen LogP contribution in [0.2, 0.25) is 0 Å². The Bertz CT molecular complexity index is 1070. The Labute approximate surface area is 149 Å². The first kappa shape index (κ1) is 15.9.